The van der Waals surface area contributed by atoms with Crippen molar-refractivity contribution in [1.29, 1.82) is 5.26 Å². The molecule has 32 heavy (non-hydrogen) atoms. The molecule has 0 aromatic heterocycles. The van der Waals surface area contributed by atoms with Crippen LogP contribution in [0.3, 0.4) is 0 Å². The van der Waals surface area contributed by atoms with Gasteiger partial charge in [0.25, 0.3) is 5.91 Å². The molecule has 2 aromatic rings. The zero-order chi connectivity index (χ0) is 24.2. The number of hydrogen-bond donors (Lipinski definition) is 3. The normalized spacial score (nSPS) is 13.7. The summed E-state index contributed by atoms with van der Waals surface area (Å²) >= 11 is 3.25. The third-order valence-corrected chi connectivity index (χ3v) is 6.63. The molecule has 0 aliphatic heterocycles. The largest absolute Gasteiger partial charge is 0.417 e. The first-order valence-corrected chi connectivity index (χ1v) is 11.9. The molecule has 0 heterocycles. The molecule has 0 bridgehead atoms. The van der Waals surface area contributed by atoms with Gasteiger partial charge in [-0.3, -0.25) is 4.79 Å². The van der Waals surface area contributed by atoms with Crippen LogP contribution in [-0.2, 0) is 20.8 Å². The summed E-state index contributed by atoms with van der Waals surface area (Å²) in [7, 11) is -4.11. The number of aliphatic hydroxyl groups is 1. The molecule has 0 saturated heterocycles. The molecule has 2 aromatic carbocycles. The number of nitrogens with one attached hydrogen (secondary N) is 2. The highest BCUT2D eigenvalue weighted by atomic mass is 79.9. The summed E-state index contributed by atoms with van der Waals surface area (Å²) in [6.45, 7) is 1.56. The Bertz CT molecular complexity index is 1130. The summed E-state index contributed by atoms with van der Waals surface area (Å²) in [6.07, 6.45) is -4.84. The minimum Gasteiger partial charge on any atom is -0.384 e. The molecular weight excluding hydrogens is 515 g/mol. The molecule has 0 radical (unpaired) electrons. The molecule has 0 spiro atoms. The number of alkyl halides is 4. The van der Waals surface area contributed by atoms with Crippen LogP contribution in [0.4, 0.5) is 24.5 Å². The first kappa shape index (κ1) is 25.6. The van der Waals surface area contributed by atoms with Gasteiger partial charge in [-0.1, -0.05) is 15.9 Å². The monoisotopic (exact) mass is 533 g/mol. The SMILES string of the molecule is C[C@](O)(CS(=O)(=O)c1ccc(NCCBr)cc1)C(=O)Nc1ccc(C#N)c(C(F)(F)F)c1. The minimum atomic E-state index is -4.84. The highest BCUT2D eigenvalue weighted by Gasteiger charge is 2.38. The lowest BCUT2D eigenvalue weighted by Gasteiger charge is -2.22. The maximum absolute atomic E-state index is 13.1. The fraction of sp³-hybridized carbons (Fsp3) is 0.300. The zero-order valence-corrected chi connectivity index (χ0v) is 19.1. The predicted octanol–water partition coefficient (Wildman–Crippen LogP) is 3.55. The Hall–Kier alpha value is -2.62. The smallest absolute Gasteiger partial charge is 0.384 e. The van der Waals surface area contributed by atoms with Gasteiger partial charge in [0.15, 0.2) is 15.4 Å². The van der Waals surface area contributed by atoms with Gasteiger partial charge in [0.1, 0.15) is 0 Å². The topological polar surface area (TPSA) is 119 Å². The minimum absolute atomic E-state index is 0.132. The molecule has 0 unspecified atom stereocenters. The Morgan fingerprint density at radius 3 is 2.28 bits per heavy atom. The van der Waals surface area contributed by atoms with E-state index in [4.69, 9.17) is 5.26 Å². The molecule has 7 nitrogen and oxygen atoms in total. The van der Waals surface area contributed by atoms with Gasteiger partial charge in [-0.05, 0) is 49.4 Å². The predicted molar refractivity (Wildman–Crippen MR) is 116 cm³/mol. The van der Waals surface area contributed by atoms with Crippen molar-refractivity contribution in [3.63, 3.8) is 0 Å². The van der Waals surface area contributed by atoms with Gasteiger partial charge in [0, 0.05) is 23.2 Å². The van der Waals surface area contributed by atoms with Crippen LogP contribution in [0.15, 0.2) is 47.4 Å². The van der Waals surface area contributed by atoms with Crippen molar-refractivity contribution >= 4 is 43.0 Å². The second kappa shape index (κ2) is 9.89. The quantitative estimate of drug-likeness (QED) is 0.446. The number of nitrogens with zero attached hydrogens (tertiary/aromatic N) is 1. The Morgan fingerprint density at radius 2 is 1.75 bits per heavy atom. The number of rotatable bonds is 8. The van der Waals surface area contributed by atoms with E-state index in [2.05, 4.69) is 26.6 Å². The highest BCUT2D eigenvalue weighted by Crippen LogP contribution is 2.33. The second-order valence-electron chi connectivity index (χ2n) is 7.00. The molecule has 0 saturated carbocycles. The second-order valence-corrected chi connectivity index (χ2v) is 9.78. The number of nitriles is 1. The number of anilines is 2. The molecule has 2 rings (SSSR count). The standard InChI is InChI=1S/C20H19BrF3N3O4S/c1-19(29,12-32(30,31)16-6-4-14(5-7-16)26-9-8-21)18(28)27-15-3-2-13(11-25)17(10-15)20(22,23)24/h2-7,10,26,29H,8-9,12H2,1H3,(H,27,28)/t19-/m0/s1. The summed E-state index contributed by atoms with van der Waals surface area (Å²) in [5.41, 5.74) is -4.02. The Labute approximate surface area is 191 Å². The van der Waals surface area contributed by atoms with Crippen LogP contribution in [0, 0.1) is 11.3 Å². The number of halogens is 4. The summed E-state index contributed by atoms with van der Waals surface area (Å²) in [5, 5.41) is 25.1. The average molecular weight is 534 g/mol. The Kier molecular flexibility index (Phi) is 7.92. The van der Waals surface area contributed by atoms with E-state index in [1.165, 1.54) is 30.3 Å². The molecule has 0 aliphatic rings. The summed E-state index contributed by atoms with van der Waals surface area (Å²) < 4.78 is 64.6. The van der Waals surface area contributed by atoms with Gasteiger partial charge < -0.3 is 15.7 Å². The Morgan fingerprint density at radius 1 is 1.16 bits per heavy atom. The lowest BCUT2D eigenvalue weighted by Crippen LogP contribution is -2.45. The van der Waals surface area contributed by atoms with Crippen molar-refractivity contribution in [2.45, 2.75) is 23.6 Å². The van der Waals surface area contributed by atoms with Crippen molar-refractivity contribution in [2.24, 2.45) is 0 Å². The molecule has 1 amide bonds. The summed E-state index contributed by atoms with van der Waals surface area (Å²) in [5.74, 6) is -2.21. The fourth-order valence-electron chi connectivity index (χ4n) is 2.71. The molecule has 172 valence electrons. The van der Waals surface area contributed by atoms with Crippen LogP contribution in [0.5, 0.6) is 0 Å². The maximum atomic E-state index is 13.1. The van der Waals surface area contributed by atoms with Crippen LogP contribution in [0.1, 0.15) is 18.1 Å². The van der Waals surface area contributed by atoms with Crippen molar-refractivity contribution < 1.29 is 31.5 Å². The van der Waals surface area contributed by atoms with Crippen molar-refractivity contribution in [1.82, 2.24) is 0 Å². The van der Waals surface area contributed by atoms with E-state index >= 15 is 0 Å². The fourth-order valence-corrected chi connectivity index (χ4v) is 4.50. The molecule has 1 atom stereocenters. The van der Waals surface area contributed by atoms with Crippen LogP contribution in [0.2, 0.25) is 0 Å². The number of hydrogen-bond acceptors (Lipinski definition) is 6. The van der Waals surface area contributed by atoms with E-state index in [-0.39, 0.29) is 10.6 Å². The number of sulfone groups is 1. The maximum Gasteiger partial charge on any atom is 0.417 e. The molecule has 0 fully saturated rings. The Balaban J connectivity index is 2.19. The summed E-state index contributed by atoms with van der Waals surface area (Å²) in [6, 6.07) is 9.56. The lowest BCUT2D eigenvalue weighted by atomic mass is 10.1. The number of amides is 1. The molecule has 0 aliphatic carbocycles. The van der Waals surface area contributed by atoms with Crippen molar-refractivity contribution in [3.8, 4) is 6.07 Å². The first-order valence-electron chi connectivity index (χ1n) is 9.08. The van der Waals surface area contributed by atoms with Crippen LogP contribution in [-0.4, -0.2) is 42.7 Å². The van der Waals surface area contributed by atoms with E-state index in [0.717, 1.165) is 19.1 Å². The van der Waals surface area contributed by atoms with Gasteiger partial charge in [-0.25, -0.2) is 8.42 Å². The zero-order valence-electron chi connectivity index (χ0n) is 16.7. The van der Waals surface area contributed by atoms with E-state index in [1.807, 2.05) is 0 Å². The number of benzene rings is 2. The number of carbonyl (C=O) groups is 1. The van der Waals surface area contributed by atoms with E-state index in [0.29, 0.717) is 23.6 Å². The lowest BCUT2D eigenvalue weighted by molar-refractivity contribution is -0.137. The van der Waals surface area contributed by atoms with Crippen LogP contribution >= 0.6 is 15.9 Å². The van der Waals surface area contributed by atoms with E-state index in [9.17, 15) is 31.5 Å². The van der Waals surface area contributed by atoms with Crippen molar-refractivity contribution in [2.75, 3.05) is 28.3 Å². The third kappa shape index (κ3) is 6.44. The number of carbonyl (C=O) groups excluding carboxylic acids is 1. The molecular formula is C20H19BrF3N3O4S. The third-order valence-electron chi connectivity index (χ3n) is 4.30. The van der Waals surface area contributed by atoms with Crippen LogP contribution < -0.4 is 10.6 Å². The molecule has 3 N–H and O–H groups in total. The van der Waals surface area contributed by atoms with Gasteiger partial charge in [0.2, 0.25) is 0 Å². The van der Waals surface area contributed by atoms with Gasteiger partial charge in [-0.15, -0.1) is 0 Å². The molecule has 12 heteroatoms. The van der Waals surface area contributed by atoms with Crippen molar-refractivity contribution in [3.05, 3.63) is 53.6 Å². The summed E-state index contributed by atoms with van der Waals surface area (Å²) in [4.78, 5) is 12.3. The van der Waals surface area contributed by atoms with E-state index in [1.54, 1.807) is 0 Å². The highest BCUT2D eigenvalue weighted by molar-refractivity contribution is 9.09. The van der Waals surface area contributed by atoms with E-state index < -0.39 is 44.4 Å². The van der Waals surface area contributed by atoms with Gasteiger partial charge >= 0.3 is 6.18 Å². The average Bonchev–Trinajstić information content (AvgIpc) is 2.71. The van der Waals surface area contributed by atoms with Crippen LogP contribution in [0.25, 0.3) is 0 Å². The first-order chi connectivity index (χ1) is 14.8. The van der Waals surface area contributed by atoms with Gasteiger partial charge in [-0.2, -0.15) is 18.4 Å². The van der Waals surface area contributed by atoms with Gasteiger partial charge in [0.05, 0.1) is 27.8 Å².